The number of ether oxygens (including phenoxy) is 5. The first-order valence-electron chi connectivity index (χ1n) is 14.4. The molecule has 1 aliphatic heterocycles. The Morgan fingerprint density at radius 2 is 1.79 bits per heavy atom. The van der Waals surface area contributed by atoms with E-state index in [-0.39, 0.29) is 28.7 Å². The van der Waals surface area contributed by atoms with E-state index < -0.39 is 79.7 Å². The first-order chi connectivity index (χ1) is 21.9. The van der Waals surface area contributed by atoms with Gasteiger partial charge in [-0.25, -0.2) is 19.7 Å². The van der Waals surface area contributed by atoms with Crippen LogP contribution >= 0.6 is 18.1 Å². The van der Waals surface area contributed by atoms with E-state index in [4.69, 9.17) is 29.2 Å². The number of aromatic nitrogens is 4. The number of hydrogen-bond donors (Lipinski definition) is 5. The maximum Gasteiger partial charge on any atom is 0.407 e. The van der Waals surface area contributed by atoms with Gasteiger partial charge < -0.3 is 49.5 Å². The Labute approximate surface area is 274 Å². The number of anilines is 1. The number of nitrogens with one attached hydrogen (secondary N) is 2. The minimum atomic E-state index is -4.19. The largest absolute Gasteiger partial charge is 0.479 e. The number of carbonyl (C=O) groups is 3. The smallest absolute Gasteiger partial charge is 0.407 e. The zero-order valence-corrected chi connectivity index (χ0v) is 28.9. The predicted molar refractivity (Wildman–Crippen MR) is 167 cm³/mol. The van der Waals surface area contributed by atoms with Crippen LogP contribution in [0.1, 0.15) is 47.8 Å². The van der Waals surface area contributed by atoms with Gasteiger partial charge in [-0.2, -0.15) is 9.97 Å². The summed E-state index contributed by atoms with van der Waals surface area (Å²) < 4.78 is 47.5. The van der Waals surface area contributed by atoms with Gasteiger partial charge in [0.1, 0.15) is 29.9 Å². The quantitative estimate of drug-likeness (QED) is 0.0978. The summed E-state index contributed by atoms with van der Waals surface area (Å²) in [7, 11) is 2.47. The van der Waals surface area contributed by atoms with Crippen molar-refractivity contribution < 1.29 is 57.4 Å². The lowest BCUT2D eigenvalue weighted by molar-refractivity contribution is -0.150. The summed E-state index contributed by atoms with van der Waals surface area (Å²) in [4.78, 5) is 49.6. The van der Waals surface area contributed by atoms with Crippen LogP contribution in [0, 0.1) is 0 Å². The molecule has 0 unspecified atom stereocenters. The van der Waals surface area contributed by atoms with E-state index in [1.807, 2.05) is 0 Å². The van der Waals surface area contributed by atoms with Crippen molar-refractivity contribution in [1.82, 2.24) is 29.9 Å². The number of nitrogens with two attached hydrogens (primary N) is 1. The van der Waals surface area contributed by atoms with Gasteiger partial charge in [-0.1, -0.05) is 11.4 Å². The zero-order valence-electron chi connectivity index (χ0n) is 27.2. The van der Waals surface area contributed by atoms with Crippen molar-refractivity contribution in [3.8, 4) is 5.88 Å². The van der Waals surface area contributed by atoms with E-state index in [1.54, 1.807) is 27.7 Å². The summed E-state index contributed by atoms with van der Waals surface area (Å²) in [6.45, 7) is 4.44. The van der Waals surface area contributed by atoms with Crippen LogP contribution in [0.15, 0.2) is 6.33 Å². The molecule has 6 N–H and O–H groups in total. The molecule has 47 heavy (non-hydrogen) atoms. The molecule has 0 radical (unpaired) electrons. The van der Waals surface area contributed by atoms with Crippen LogP contribution in [0.4, 0.5) is 10.7 Å². The van der Waals surface area contributed by atoms with Crippen LogP contribution < -0.4 is 20.9 Å². The number of imidazole rings is 1. The fourth-order valence-corrected chi connectivity index (χ4v) is 8.21. The Morgan fingerprint density at radius 1 is 1.15 bits per heavy atom. The number of alkyl carbamates (subject to hydrolysis) is 1. The number of aliphatic hydroxyl groups is 2. The van der Waals surface area contributed by atoms with Gasteiger partial charge in [-0.05, 0) is 41.5 Å². The summed E-state index contributed by atoms with van der Waals surface area (Å²) in [6, 6.07) is -2.49. The summed E-state index contributed by atoms with van der Waals surface area (Å²) in [5.74, 6) is -1.98. The third kappa shape index (κ3) is 9.43. The van der Waals surface area contributed by atoms with Gasteiger partial charge in [0.15, 0.2) is 17.4 Å². The number of amides is 1. The highest BCUT2D eigenvalue weighted by atomic mass is 32.7. The molecule has 7 atom stereocenters. The maximum absolute atomic E-state index is 14.2. The minimum Gasteiger partial charge on any atom is -0.479 e. The van der Waals surface area contributed by atoms with E-state index in [0.717, 1.165) is 7.11 Å². The second-order valence-electron chi connectivity index (χ2n) is 11.2. The molecule has 19 nitrogen and oxygen atoms in total. The molecule has 0 saturated carbocycles. The van der Waals surface area contributed by atoms with Crippen molar-refractivity contribution in [2.75, 3.05) is 32.3 Å². The Kier molecular flexibility index (Phi) is 12.8. The lowest BCUT2D eigenvalue weighted by Crippen LogP contribution is -2.45. The van der Waals surface area contributed by atoms with Crippen LogP contribution in [0.5, 0.6) is 5.88 Å². The summed E-state index contributed by atoms with van der Waals surface area (Å²) >= 11 is 0.579. The molecular formula is C26H42N7O12PS. The summed E-state index contributed by atoms with van der Waals surface area (Å²) in [6.07, 6.45) is -4.80. The highest BCUT2D eigenvalue weighted by molar-refractivity contribution is 8.56. The number of methoxy groups -OCH3 is 2. The van der Waals surface area contributed by atoms with Gasteiger partial charge in [0.25, 0.3) is 0 Å². The van der Waals surface area contributed by atoms with Gasteiger partial charge in [-0.15, -0.1) is 0 Å². The number of nitrogens with zero attached hydrogens (tertiary/aromatic N) is 4. The number of aliphatic hydroxyl groups excluding tert-OH is 1. The maximum atomic E-state index is 14.2. The minimum absolute atomic E-state index is 0.0794. The molecular weight excluding hydrogens is 665 g/mol. The molecule has 1 aliphatic rings. The molecule has 2 aromatic rings. The third-order valence-electron chi connectivity index (χ3n) is 6.60. The number of fused-ring (bicyclic) bond motifs is 1. The highest BCUT2D eigenvalue weighted by Gasteiger charge is 2.54. The standard InChI is InChI=1S/C26H42N7O12PS/c1-12(2)43-21(35)14(5)32-46(39,47-10-15(29-25(37)41-8)22(36)44-13(3)4)42-9-16-18(34)26(6,38)23(45-16)33-11-28-17-19(33)30-24(27)31-20(17)40-7/h11-16,18,23,34,38H,9-10H2,1-8H3,(H,29,37)(H,32,39)(H2,27,30,31)/t14-,15+,16+,18+,23+,26+,46-/m0/s1. The van der Waals surface area contributed by atoms with Crippen molar-refractivity contribution in [3.63, 3.8) is 0 Å². The first kappa shape index (κ1) is 38.2. The van der Waals surface area contributed by atoms with Crippen molar-refractivity contribution >= 4 is 53.2 Å². The van der Waals surface area contributed by atoms with Crippen LogP contribution in [0.25, 0.3) is 11.2 Å². The molecule has 3 heterocycles. The van der Waals surface area contributed by atoms with E-state index in [1.165, 1.54) is 31.9 Å². The topological polar surface area (TPSA) is 258 Å². The fraction of sp³-hybridized carbons (Fsp3) is 0.692. The molecule has 1 fully saturated rings. The van der Waals surface area contributed by atoms with Gasteiger partial charge in [0.2, 0.25) is 11.8 Å². The Balaban J connectivity index is 1.86. The van der Waals surface area contributed by atoms with Gasteiger partial charge in [-0.3, -0.25) is 13.9 Å². The van der Waals surface area contributed by atoms with Crippen LogP contribution in [-0.4, -0.2) is 116 Å². The van der Waals surface area contributed by atoms with E-state index in [0.29, 0.717) is 11.4 Å². The van der Waals surface area contributed by atoms with Crippen molar-refractivity contribution in [1.29, 1.82) is 0 Å². The number of rotatable bonds is 15. The summed E-state index contributed by atoms with van der Waals surface area (Å²) in [5, 5.41) is 27.4. The van der Waals surface area contributed by atoms with Gasteiger partial charge in [0.05, 0.1) is 39.4 Å². The van der Waals surface area contributed by atoms with Crippen LogP contribution in [0.2, 0.25) is 0 Å². The average Bonchev–Trinajstić information content (AvgIpc) is 3.49. The van der Waals surface area contributed by atoms with Gasteiger partial charge in [0, 0.05) is 5.75 Å². The molecule has 2 aromatic heterocycles. The van der Waals surface area contributed by atoms with Crippen LogP contribution in [-0.2, 0) is 37.6 Å². The lowest BCUT2D eigenvalue weighted by Gasteiger charge is -2.27. The van der Waals surface area contributed by atoms with Crippen molar-refractivity contribution in [2.45, 2.75) is 89.9 Å². The summed E-state index contributed by atoms with van der Waals surface area (Å²) in [5.41, 5.74) is 4.22. The number of nitrogen functional groups attached to an aromatic ring is 1. The van der Waals surface area contributed by atoms with Crippen LogP contribution in [0.3, 0.4) is 0 Å². The normalized spacial score (nSPS) is 23.7. The van der Waals surface area contributed by atoms with Crippen molar-refractivity contribution in [3.05, 3.63) is 6.33 Å². The fourth-order valence-electron chi connectivity index (χ4n) is 4.36. The molecule has 1 saturated heterocycles. The van der Waals surface area contributed by atoms with E-state index in [2.05, 4.69) is 30.1 Å². The SMILES string of the molecule is COC(=O)N[C@H](CS[P@](=O)(N[C@@H](C)C(=O)OC(C)C)OC[C@H]1O[C@@H](n2cnc3c(OC)nc(N)nc32)[C@](C)(O)[C@@H]1O)C(=O)OC(C)C. The molecule has 0 bridgehead atoms. The zero-order chi connectivity index (χ0) is 35.3. The highest BCUT2D eigenvalue weighted by Crippen LogP contribution is 2.57. The number of hydrogen-bond acceptors (Lipinski definition) is 17. The molecule has 3 rings (SSSR count). The second-order valence-corrected chi connectivity index (χ2v) is 15.5. The Bertz CT molecular complexity index is 1480. The molecule has 1 amide bonds. The van der Waals surface area contributed by atoms with E-state index >= 15 is 0 Å². The monoisotopic (exact) mass is 707 g/mol. The number of esters is 2. The van der Waals surface area contributed by atoms with E-state index in [9.17, 15) is 29.2 Å². The first-order valence-corrected chi connectivity index (χ1v) is 17.7. The lowest BCUT2D eigenvalue weighted by atomic mass is 9.96. The van der Waals surface area contributed by atoms with Crippen molar-refractivity contribution in [2.24, 2.45) is 0 Å². The predicted octanol–water partition coefficient (Wildman–Crippen LogP) is 0.890. The Hall–Kier alpha value is -3.26. The molecule has 0 aromatic carbocycles. The Morgan fingerprint density at radius 3 is 2.38 bits per heavy atom. The second kappa shape index (κ2) is 15.8. The third-order valence-corrected chi connectivity index (χ3v) is 10.7. The van der Waals surface area contributed by atoms with Gasteiger partial charge >= 0.3 is 24.8 Å². The number of carbonyl (C=O) groups excluding carboxylic acids is 3. The average molecular weight is 708 g/mol. The molecule has 264 valence electrons. The molecule has 21 heteroatoms. The molecule has 0 spiro atoms. The molecule has 0 aliphatic carbocycles.